The molecule has 0 bridgehead atoms. The minimum Gasteiger partial charge on any atom is -0.497 e. The van der Waals surface area contributed by atoms with E-state index in [1.165, 1.54) is 0 Å². The molecule has 3 aromatic carbocycles. The highest BCUT2D eigenvalue weighted by molar-refractivity contribution is 5.89. The van der Waals surface area contributed by atoms with E-state index in [1.54, 1.807) is 12.0 Å². The summed E-state index contributed by atoms with van der Waals surface area (Å²) < 4.78 is 5.24. The molecule has 0 saturated carbocycles. The predicted molar refractivity (Wildman–Crippen MR) is 126 cm³/mol. The van der Waals surface area contributed by atoms with Crippen molar-refractivity contribution in [1.29, 1.82) is 0 Å². The van der Waals surface area contributed by atoms with Gasteiger partial charge in [-0.3, -0.25) is 9.59 Å². The number of amides is 2. The fourth-order valence-corrected chi connectivity index (χ4v) is 3.55. The van der Waals surface area contributed by atoms with Crippen LogP contribution >= 0.6 is 0 Å². The molecular weight excluding hydrogens is 400 g/mol. The van der Waals surface area contributed by atoms with E-state index in [4.69, 9.17) is 4.74 Å². The van der Waals surface area contributed by atoms with Gasteiger partial charge in [0.2, 0.25) is 11.8 Å². The Balaban J connectivity index is 1.92. The Morgan fingerprint density at radius 1 is 0.844 bits per heavy atom. The number of rotatable bonds is 9. The smallest absolute Gasteiger partial charge is 0.247 e. The molecule has 0 heterocycles. The third-order valence-corrected chi connectivity index (χ3v) is 5.27. The van der Waals surface area contributed by atoms with Crippen LogP contribution in [-0.2, 0) is 22.7 Å². The number of methoxy groups -OCH3 is 1. The lowest BCUT2D eigenvalue weighted by Gasteiger charge is -2.33. The van der Waals surface area contributed by atoms with Crippen molar-refractivity contribution in [3.05, 3.63) is 102 Å². The monoisotopic (exact) mass is 430 g/mol. The molecule has 3 rings (SSSR count). The van der Waals surface area contributed by atoms with E-state index in [2.05, 4.69) is 5.32 Å². The highest BCUT2D eigenvalue weighted by Gasteiger charge is 2.32. The van der Waals surface area contributed by atoms with Crippen molar-refractivity contribution in [2.75, 3.05) is 7.11 Å². The van der Waals surface area contributed by atoms with E-state index < -0.39 is 6.04 Å². The zero-order valence-electron chi connectivity index (χ0n) is 18.8. The van der Waals surface area contributed by atoms with Crippen LogP contribution in [0.2, 0.25) is 0 Å². The Morgan fingerprint density at radius 3 is 2.00 bits per heavy atom. The minimum atomic E-state index is -0.739. The zero-order chi connectivity index (χ0) is 22.9. The molecule has 0 unspecified atom stereocenters. The first-order chi connectivity index (χ1) is 15.5. The maximum absolute atomic E-state index is 13.5. The van der Waals surface area contributed by atoms with Gasteiger partial charge in [-0.15, -0.1) is 0 Å². The van der Waals surface area contributed by atoms with E-state index >= 15 is 0 Å². The van der Waals surface area contributed by atoms with Gasteiger partial charge in [0.25, 0.3) is 0 Å². The summed E-state index contributed by atoms with van der Waals surface area (Å²) in [7, 11) is 1.62. The first-order valence-electron chi connectivity index (χ1n) is 10.8. The molecule has 166 valence electrons. The number of hydrogen-bond donors (Lipinski definition) is 1. The van der Waals surface area contributed by atoms with Gasteiger partial charge in [0.05, 0.1) is 7.11 Å². The molecule has 0 aliphatic carbocycles. The molecule has 0 saturated heterocycles. The number of carbonyl (C=O) groups excluding carboxylic acids is 2. The molecular formula is C27H30N2O3. The second kappa shape index (κ2) is 11.1. The lowest BCUT2D eigenvalue weighted by atomic mass is 10.0. The second-order valence-corrected chi connectivity index (χ2v) is 7.99. The van der Waals surface area contributed by atoms with Gasteiger partial charge in [-0.05, 0) is 28.8 Å². The van der Waals surface area contributed by atoms with Crippen molar-refractivity contribution in [2.45, 2.75) is 33.0 Å². The number of carbonyl (C=O) groups is 2. The zero-order valence-corrected chi connectivity index (χ0v) is 18.8. The highest BCUT2D eigenvalue weighted by atomic mass is 16.5. The second-order valence-electron chi connectivity index (χ2n) is 7.99. The topological polar surface area (TPSA) is 58.6 Å². The third kappa shape index (κ3) is 5.97. The maximum atomic E-state index is 13.5. The summed E-state index contributed by atoms with van der Waals surface area (Å²) in [5, 5.41) is 3.02. The normalized spacial score (nSPS) is 11.6. The van der Waals surface area contributed by atoms with Crippen molar-refractivity contribution in [3.63, 3.8) is 0 Å². The average Bonchev–Trinajstić information content (AvgIpc) is 2.83. The molecule has 1 atom stereocenters. The quantitative estimate of drug-likeness (QED) is 0.534. The van der Waals surface area contributed by atoms with E-state index in [1.807, 2.05) is 98.8 Å². The lowest BCUT2D eigenvalue weighted by Crippen LogP contribution is -2.44. The van der Waals surface area contributed by atoms with Gasteiger partial charge < -0.3 is 15.0 Å². The van der Waals surface area contributed by atoms with E-state index in [0.29, 0.717) is 13.1 Å². The van der Waals surface area contributed by atoms with E-state index in [-0.39, 0.29) is 17.7 Å². The Labute approximate surface area is 190 Å². The first-order valence-corrected chi connectivity index (χ1v) is 10.8. The summed E-state index contributed by atoms with van der Waals surface area (Å²) in [6.07, 6.45) is 0. The molecule has 0 aliphatic heterocycles. The Kier molecular flexibility index (Phi) is 8.03. The van der Waals surface area contributed by atoms with Gasteiger partial charge in [-0.25, -0.2) is 0 Å². The Morgan fingerprint density at radius 2 is 1.44 bits per heavy atom. The summed E-state index contributed by atoms with van der Waals surface area (Å²) in [5.41, 5.74) is 2.71. The first kappa shape index (κ1) is 23.1. The molecule has 32 heavy (non-hydrogen) atoms. The Hall–Kier alpha value is -3.60. The minimum absolute atomic E-state index is 0.0791. The number of benzene rings is 3. The van der Waals surface area contributed by atoms with Crippen LogP contribution in [0.15, 0.2) is 84.9 Å². The predicted octanol–water partition coefficient (Wildman–Crippen LogP) is 4.74. The van der Waals surface area contributed by atoms with Crippen molar-refractivity contribution in [2.24, 2.45) is 5.92 Å². The standard InChI is InChI=1S/C27H30N2O3/c1-20(2)27(31)29(19-22-14-16-24(32-3)17-15-22)25(23-12-8-5-9-13-23)26(30)28-18-21-10-6-4-7-11-21/h4-17,20,25H,18-19H2,1-3H3,(H,28,30)/t25-/m1/s1. The summed E-state index contributed by atoms with van der Waals surface area (Å²) in [4.78, 5) is 28.4. The van der Waals surface area contributed by atoms with Gasteiger partial charge in [0.15, 0.2) is 0 Å². The van der Waals surface area contributed by atoms with Crippen LogP contribution in [0.1, 0.15) is 36.6 Å². The van der Waals surface area contributed by atoms with Gasteiger partial charge in [0, 0.05) is 19.0 Å². The van der Waals surface area contributed by atoms with Crippen molar-refractivity contribution in [1.82, 2.24) is 10.2 Å². The summed E-state index contributed by atoms with van der Waals surface area (Å²) >= 11 is 0. The highest BCUT2D eigenvalue weighted by Crippen LogP contribution is 2.26. The molecule has 0 fully saturated rings. The van der Waals surface area contributed by atoms with Crippen LogP contribution in [-0.4, -0.2) is 23.8 Å². The number of hydrogen-bond acceptors (Lipinski definition) is 3. The van der Waals surface area contributed by atoms with Gasteiger partial charge in [0.1, 0.15) is 11.8 Å². The van der Waals surface area contributed by atoms with Crippen LogP contribution in [0, 0.1) is 5.92 Å². The number of nitrogens with one attached hydrogen (secondary N) is 1. The molecule has 0 aliphatic rings. The molecule has 5 nitrogen and oxygen atoms in total. The Bertz CT molecular complexity index is 1000. The van der Waals surface area contributed by atoms with E-state index in [9.17, 15) is 9.59 Å². The largest absolute Gasteiger partial charge is 0.497 e. The van der Waals surface area contributed by atoms with Crippen LogP contribution < -0.4 is 10.1 Å². The molecule has 3 aromatic rings. The summed E-state index contributed by atoms with van der Waals surface area (Å²) in [6.45, 7) is 4.43. The van der Waals surface area contributed by atoms with Gasteiger partial charge in [-0.2, -0.15) is 0 Å². The lowest BCUT2D eigenvalue weighted by molar-refractivity contribution is -0.144. The van der Waals surface area contributed by atoms with Crippen LogP contribution in [0.25, 0.3) is 0 Å². The average molecular weight is 431 g/mol. The maximum Gasteiger partial charge on any atom is 0.247 e. The molecule has 0 spiro atoms. The van der Waals surface area contributed by atoms with Crippen molar-refractivity contribution < 1.29 is 14.3 Å². The van der Waals surface area contributed by atoms with Crippen molar-refractivity contribution >= 4 is 11.8 Å². The summed E-state index contributed by atoms with van der Waals surface area (Å²) in [5.74, 6) is 0.212. The molecule has 5 heteroatoms. The molecule has 0 radical (unpaired) electrons. The van der Waals surface area contributed by atoms with Crippen LogP contribution in [0.5, 0.6) is 5.75 Å². The van der Waals surface area contributed by atoms with Gasteiger partial charge in [-0.1, -0.05) is 86.6 Å². The fraction of sp³-hybridized carbons (Fsp3) is 0.259. The van der Waals surface area contributed by atoms with Crippen LogP contribution in [0.3, 0.4) is 0 Å². The fourth-order valence-electron chi connectivity index (χ4n) is 3.55. The molecule has 2 amide bonds. The third-order valence-electron chi connectivity index (χ3n) is 5.27. The number of nitrogens with zero attached hydrogens (tertiary/aromatic N) is 1. The van der Waals surface area contributed by atoms with Gasteiger partial charge >= 0.3 is 0 Å². The SMILES string of the molecule is COc1ccc(CN(C(=O)C(C)C)[C@@H](C(=O)NCc2ccccc2)c2ccccc2)cc1. The number of ether oxygens (including phenoxy) is 1. The van der Waals surface area contributed by atoms with E-state index in [0.717, 1.165) is 22.4 Å². The van der Waals surface area contributed by atoms with Crippen LogP contribution in [0.4, 0.5) is 0 Å². The molecule has 1 N–H and O–H groups in total. The summed E-state index contributed by atoms with van der Waals surface area (Å²) in [6, 6.07) is 26.0. The molecule has 0 aromatic heterocycles. The van der Waals surface area contributed by atoms with Crippen molar-refractivity contribution in [3.8, 4) is 5.75 Å².